The summed E-state index contributed by atoms with van der Waals surface area (Å²) in [6.45, 7) is 1.68. The molecule has 0 spiro atoms. The van der Waals surface area contributed by atoms with Gasteiger partial charge in [-0.25, -0.2) is 9.37 Å². The van der Waals surface area contributed by atoms with Crippen molar-refractivity contribution < 1.29 is 13.9 Å². The van der Waals surface area contributed by atoms with E-state index in [9.17, 15) is 9.18 Å². The first-order valence-corrected chi connectivity index (χ1v) is 9.10. The topological polar surface area (TPSA) is 42.4 Å². The third kappa shape index (κ3) is 4.24. The van der Waals surface area contributed by atoms with Crippen LogP contribution in [0.15, 0.2) is 58.4 Å². The van der Waals surface area contributed by atoms with Gasteiger partial charge in [-0.1, -0.05) is 18.2 Å². The number of hydrogen-bond donors (Lipinski definition) is 0. The Morgan fingerprint density at radius 1 is 1.28 bits per heavy atom. The predicted molar refractivity (Wildman–Crippen MR) is 100 cm³/mol. The average molecular weight is 421 g/mol. The predicted octanol–water partition coefficient (Wildman–Crippen LogP) is 5.10. The van der Waals surface area contributed by atoms with Crippen LogP contribution < -0.4 is 9.64 Å². The number of ether oxygens (including phenoxy) is 1. The van der Waals surface area contributed by atoms with Crippen molar-refractivity contribution in [3.63, 3.8) is 0 Å². The first kappa shape index (κ1) is 17.6. The Bertz CT molecular complexity index is 886. The zero-order valence-corrected chi connectivity index (χ0v) is 15.7. The molecular formula is C18H14BrFN2O2S. The number of benzene rings is 2. The van der Waals surface area contributed by atoms with Crippen LogP contribution >= 0.6 is 27.3 Å². The number of rotatable bonds is 5. The maximum absolute atomic E-state index is 13.2. The summed E-state index contributed by atoms with van der Waals surface area (Å²) in [5, 5.41) is 2.46. The maximum atomic E-state index is 13.2. The highest BCUT2D eigenvalue weighted by molar-refractivity contribution is 9.10. The standard InChI is InChI=1S/C18H14BrFN2O2S/c1-12-11-25-18(21-12)22(14-5-3-2-4-6-14)17(23)10-24-16-8-7-13(20)9-15(16)19/h2-9,11H,10H2,1H3. The molecule has 0 saturated carbocycles. The van der Waals surface area contributed by atoms with Gasteiger partial charge in [0.2, 0.25) is 0 Å². The van der Waals surface area contributed by atoms with Gasteiger partial charge in [-0.3, -0.25) is 9.69 Å². The van der Waals surface area contributed by atoms with Crippen molar-refractivity contribution in [3.05, 3.63) is 69.9 Å². The van der Waals surface area contributed by atoms with E-state index in [1.807, 2.05) is 42.6 Å². The fraction of sp³-hybridized carbons (Fsp3) is 0.111. The van der Waals surface area contributed by atoms with Crippen molar-refractivity contribution in [2.24, 2.45) is 0 Å². The van der Waals surface area contributed by atoms with Gasteiger partial charge in [0.25, 0.3) is 5.91 Å². The zero-order valence-electron chi connectivity index (χ0n) is 13.3. The number of halogens is 2. The molecule has 0 fully saturated rings. The monoisotopic (exact) mass is 420 g/mol. The minimum Gasteiger partial charge on any atom is -0.483 e. The Kier molecular flexibility index (Phi) is 5.45. The molecule has 3 aromatic rings. The molecule has 0 aliphatic carbocycles. The number of amides is 1. The summed E-state index contributed by atoms with van der Waals surface area (Å²) in [7, 11) is 0. The average Bonchev–Trinajstić information content (AvgIpc) is 3.01. The molecule has 0 aliphatic rings. The Hall–Kier alpha value is -2.25. The molecule has 2 aromatic carbocycles. The van der Waals surface area contributed by atoms with Gasteiger partial charge in [0, 0.05) is 5.38 Å². The van der Waals surface area contributed by atoms with Crippen molar-refractivity contribution in [1.82, 2.24) is 4.98 Å². The SMILES string of the molecule is Cc1csc(N(C(=O)COc2ccc(F)cc2Br)c2ccccc2)n1. The highest BCUT2D eigenvalue weighted by Crippen LogP contribution is 2.29. The van der Waals surface area contributed by atoms with Gasteiger partial charge in [-0.15, -0.1) is 11.3 Å². The molecule has 1 heterocycles. The second-order valence-electron chi connectivity index (χ2n) is 5.20. The van der Waals surface area contributed by atoms with Gasteiger partial charge in [0.1, 0.15) is 11.6 Å². The highest BCUT2D eigenvalue weighted by Gasteiger charge is 2.21. The van der Waals surface area contributed by atoms with Crippen LogP contribution in [0.1, 0.15) is 5.69 Å². The van der Waals surface area contributed by atoms with Crippen LogP contribution in [0.4, 0.5) is 15.2 Å². The van der Waals surface area contributed by atoms with Crippen LogP contribution in [0.3, 0.4) is 0 Å². The maximum Gasteiger partial charge on any atom is 0.271 e. The summed E-state index contributed by atoms with van der Waals surface area (Å²) in [5.41, 5.74) is 1.56. The number of thiazole rings is 1. The molecule has 128 valence electrons. The molecular weight excluding hydrogens is 407 g/mol. The number of aryl methyl sites for hydroxylation is 1. The summed E-state index contributed by atoms with van der Waals surface area (Å²) >= 11 is 4.61. The number of anilines is 2. The van der Waals surface area contributed by atoms with E-state index < -0.39 is 0 Å². The van der Waals surface area contributed by atoms with E-state index in [1.165, 1.54) is 34.4 Å². The quantitative estimate of drug-likeness (QED) is 0.576. The third-order valence-electron chi connectivity index (χ3n) is 3.31. The third-order valence-corrected chi connectivity index (χ3v) is 4.87. The molecule has 0 radical (unpaired) electrons. The lowest BCUT2D eigenvalue weighted by atomic mass is 10.3. The van der Waals surface area contributed by atoms with E-state index in [1.54, 1.807) is 0 Å². The van der Waals surface area contributed by atoms with Gasteiger partial charge < -0.3 is 4.74 Å². The number of carbonyl (C=O) groups is 1. The molecule has 25 heavy (non-hydrogen) atoms. The second kappa shape index (κ2) is 7.76. The molecule has 0 atom stereocenters. The number of hydrogen-bond acceptors (Lipinski definition) is 4. The van der Waals surface area contributed by atoms with Crippen molar-refractivity contribution in [3.8, 4) is 5.75 Å². The van der Waals surface area contributed by atoms with Crippen molar-refractivity contribution >= 4 is 44.0 Å². The number of para-hydroxylation sites is 1. The van der Waals surface area contributed by atoms with Crippen LogP contribution in [0.25, 0.3) is 0 Å². The Labute approximate surface area is 157 Å². The van der Waals surface area contributed by atoms with Crippen molar-refractivity contribution in [2.75, 3.05) is 11.5 Å². The van der Waals surface area contributed by atoms with E-state index in [0.717, 1.165) is 5.69 Å². The zero-order chi connectivity index (χ0) is 17.8. The van der Waals surface area contributed by atoms with E-state index in [2.05, 4.69) is 20.9 Å². The molecule has 4 nitrogen and oxygen atoms in total. The van der Waals surface area contributed by atoms with Gasteiger partial charge in [0.15, 0.2) is 11.7 Å². The van der Waals surface area contributed by atoms with E-state index in [-0.39, 0.29) is 18.3 Å². The molecule has 1 amide bonds. The molecule has 0 aliphatic heterocycles. The summed E-state index contributed by atoms with van der Waals surface area (Å²) < 4.78 is 19.2. The normalized spacial score (nSPS) is 10.5. The summed E-state index contributed by atoms with van der Waals surface area (Å²) in [6, 6.07) is 13.3. The van der Waals surface area contributed by atoms with Crippen LogP contribution in [0.2, 0.25) is 0 Å². The van der Waals surface area contributed by atoms with Crippen molar-refractivity contribution in [2.45, 2.75) is 6.92 Å². The Morgan fingerprint density at radius 3 is 2.68 bits per heavy atom. The minimum absolute atomic E-state index is 0.197. The van der Waals surface area contributed by atoms with E-state index >= 15 is 0 Å². The Morgan fingerprint density at radius 2 is 2.04 bits per heavy atom. The second-order valence-corrected chi connectivity index (χ2v) is 6.89. The number of carbonyl (C=O) groups excluding carboxylic acids is 1. The van der Waals surface area contributed by atoms with Crippen LogP contribution in [0, 0.1) is 12.7 Å². The van der Waals surface area contributed by atoms with Gasteiger partial charge in [-0.05, 0) is 53.2 Å². The molecule has 0 bridgehead atoms. The smallest absolute Gasteiger partial charge is 0.271 e. The molecule has 3 rings (SSSR count). The summed E-state index contributed by atoms with van der Waals surface area (Å²) in [5.74, 6) is -0.246. The fourth-order valence-corrected chi connectivity index (χ4v) is 3.48. The Balaban J connectivity index is 1.82. The molecule has 7 heteroatoms. The first-order valence-electron chi connectivity index (χ1n) is 7.42. The van der Waals surface area contributed by atoms with Crippen LogP contribution in [-0.2, 0) is 4.79 Å². The lowest BCUT2D eigenvalue weighted by Crippen LogP contribution is -2.30. The van der Waals surface area contributed by atoms with E-state index in [4.69, 9.17) is 4.74 Å². The fourth-order valence-electron chi connectivity index (χ4n) is 2.18. The number of aromatic nitrogens is 1. The summed E-state index contributed by atoms with van der Waals surface area (Å²) in [6.07, 6.45) is 0. The van der Waals surface area contributed by atoms with Crippen molar-refractivity contribution in [1.29, 1.82) is 0 Å². The van der Waals surface area contributed by atoms with Gasteiger partial charge >= 0.3 is 0 Å². The largest absolute Gasteiger partial charge is 0.483 e. The highest BCUT2D eigenvalue weighted by atomic mass is 79.9. The van der Waals surface area contributed by atoms with E-state index in [0.29, 0.717) is 21.0 Å². The lowest BCUT2D eigenvalue weighted by molar-refractivity contribution is -0.119. The minimum atomic E-state index is -0.380. The molecule has 0 saturated heterocycles. The molecule has 0 N–H and O–H groups in total. The van der Waals surface area contributed by atoms with Gasteiger partial charge in [0.05, 0.1) is 15.9 Å². The first-order chi connectivity index (χ1) is 12.0. The van der Waals surface area contributed by atoms with Crippen LogP contribution in [-0.4, -0.2) is 17.5 Å². The lowest BCUT2D eigenvalue weighted by Gasteiger charge is -2.20. The molecule has 0 unspecified atom stereocenters. The number of nitrogens with zero attached hydrogens (tertiary/aromatic N) is 2. The molecule has 1 aromatic heterocycles. The van der Waals surface area contributed by atoms with Crippen LogP contribution in [0.5, 0.6) is 5.75 Å². The summed E-state index contributed by atoms with van der Waals surface area (Å²) in [4.78, 5) is 18.7. The van der Waals surface area contributed by atoms with Gasteiger partial charge in [-0.2, -0.15) is 0 Å².